The quantitative estimate of drug-likeness (QED) is 0.904. The van der Waals surface area contributed by atoms with Gasteiger partial charge in [0.2, 0.25) is 0 Å². The van der Waals surface area contributed by atoms with E-state index in [0.29, 0.717) is 6.04 Å². The summed E-state index contributed by atoms with van der Waals surface area (Å²) in [4.78, 5) is 0. The van der Waals surface area contributed by atoms with Crippen LogP contribution in [0.2, 0.25) is 0 Å². The third kappa shape index (κ3) is 2.74. The first kappa shape index (κ1) is 12.5. The van der Waals surface area contributed by atoms with Crippen LogP contribution in [0.1, 0.15) is 31.2 Å². The van der Waals surface area contributed by atoms with Crippen LogP contribution in [-0.4, -0.2) is 18.7 Å². The Morgan fingerprint density at radius 3 is 2.95 bits per heavy atom. The second kappa shape index (κ2) is 5.63. The molecular weight excluding hydrogens is 236 g/mol. The normalized spacial score (nSPS) is 29.3. The Morgan fingerprint density at radius 1 is 1.26 bits per heavy atom. The van der Waals surface area contributed by atoms with Crippen molar-refractivity contribution >= 4 is 0 Å². The molecule has 1 aromatic rings. The van der Waals surface area contributed by atoms with Crippen molar-refractivity contribution in [2.45, 2.75) is 44.2 Å². The first-order valence-electron chi connectivity index (χ1n) is 7.24. The first-order chi connectivity index (χ1) is 9.36. The van der Waals surface area contributed by atoms with Gasteiger partial charge in [0.25, 0.3) is 0 Å². The van der Waals surface area contributed by atoms with Gasteiger partial charge >= 0.3 is 0 Å². The fourth-order valence-corrected chi connectivity index (χ4v) is 3.18. The van der Waals surface area contributed by atoms with Gasteiger partial charge in [-0.3, -0.25) is 0 Å². The van der Waals surface area contributed by atoms with Crippen LogP contribution in [0.15, 0.2) is 24.3 Å². The van der Waals surface area contributed by atoms with Crippen LogP contribution in [0.3, 0.4) is 0 Å². The minimum Gasteiger partial charge on any atom is -0.488 e. The minimum absolute atomic E-state index is 0.178. The van der Waals surface area contributed by atoms with Crippen molar-refractivity contribution in [1.82, 2.24) is 5.32 Å². The molecule has 0 bridgehead atoms. The predicted molar refractivity (Wildman–Crippen MR) is 73.9 cm³/mol. The molecule has 1 heterocycles. The molecule has 1 aromatic carbocycles. The van der Waals surface area contributed by atoms with E-state index in [4.69, 9.17) is 4.74 Å². The number of benzene rings is 1. The minimum atomic E-state index is 0.178. The summed E-state index contributed by atoms with van der Waals surface area (Å²) in [5, 5.41) is 12.7. The second-order valence-electron chi connectivity index (χ2n) is 5.59. The Kier molecular flexibility index (Phi) is 3.70. The van der Waals surface area contributed by atoms with Gasteiger partial charge in [-0.2, -0.15) is 5.26 Å². The maximum absolute atomic E-state index is 9.17. The molecule has 0 radical (unpaired) electrons. The van der Waals surface area contributed by atoms with Gasteiger partial charge in [-0.25, -0.2) is 0 Å². The van der Waals surface area contributed by atoms with E-state index < -0.39 is 0 Å². The monoisotopic (exact) mass is 256 g/mol. The van der Waals surface area contributed by atoms with Crippen LogP contribution in [-0.2, 0) is 6.42 Å². The van der Waals surface area contributed by atoms with E-state index in [-0.39, 0.29) is 12.0 Å². The smallest absolute Gasteiger partial charge is 0.123 e. The largest absolute Gasteiger partial charge is 0.488 e. The second-order valence-corrected chi connectivity index (χ2v) is 5.59. The van der Waals surface area contributed by atoms with E-state index in [1.165, 1.54) is 18.4 Å². The average molecular weight is 256 g/mol. The molecule has 1 fully saturated rings. The van der Waals surface area contributed by atoms with Crippen molar-refractivity contribution in [2.24, 2.45) is 5.92 Å². The lowest BCUT2D eigenvalue weighted by atomic mass is 9.85. The number of rotatable bonds is 3. The van der Waals surface area contributed by atoms with Gasteiger partial charge in [0.15, 0.2) is 0 Å². The van der Waals surface area contributed by atoms with E-state index >= 15 is 0 Å². The van der Waals surface area contributed by atoms with E-state index in [1.807, 2.05) is 12.1 Å². The van der Waals surface area contributed by atoms with Crippen LogP contribution in [0, 0.1) is 17.2 Å². The molecule has 0 amide bonds. The molecule has 19 heavy (non-hydrogen) atoms. The summed E-state index contributed by atoms with van der Waals surface area (Å²) < 4.78 is 5.92. The molecule has 1 aliphatic carbocycles. The Hall–Kier alpha value is -1.53. The number of nitrogens with one attached hydrogen (secondary N) is 1. The highest BCUT2D eigenvalue weighted by Gasteiger charge is 2.27. The Bertz CT molecular complexity index is 455. The SMILES string of the molecule is N#CC1CCCCC1NCC1Cc2ccccc2O1. The van der Waals surface area contributed by atoms with Gasteiger partial charge in [-0.15, -0.1) is 0 Å². The predicted octanol–water partition coefficient (Wildman–Crippen LogP) is 2.66. The summed E-state index contributed by atoms with van der Waals surface area (Å²) >= 11 is 0. The fourth-order valence-electron chi connectivity index (χ4n) is 3.18. The van der Waals surface area contributed by atoms with Gasteiger partial charge in [0.05, 0.1) is 12.0 Å². The van der Waals surface area contributed by atoms with E-state index in [9.17, 15) is 5.26 Å². The zero-order valence-corrected chi connectivity index (χ0v) is 11.1. The van der Waals surface area contributed by atoms with E-state index in [0.717, 1.165) is 31.6 Å². The lowest BCUT2D eigenvalue weighted by molar-refractivity contribution is 0.206. The fraction of sp³-hybridized carbons (Fsp3) is 0.562. The summed E-state index contributed by atoms with van der Waals surface area (Å²) in [6.07, 6.45) is 5.80. The van der Waals surface area contributed by atoms with Crippen molar-refractivity contribution in [1.29, 1.82) is 5.26 Å². The van der Waals surface area contributed by atoms with E-state index in [2.05, 4.69) is 23.5 Å². The number of hydrogen-bond donors (Lipinski definition) is 1. The van der Waals surface area contributed by atoms with Gasteiger partial charge in [0, 0.05) is 19.0 Å². The van der Waals surface area contributed by atoms with Crippen LogP contribution in [0.4, 0.5) is 0 Å². The lowest BCUT2D eigenvalue weighted by Gasteiger charge is -2.28. The molecule has 1 saturated carbocycles. The van der Waals surface area contributed by atoms with Gasteiger partial charge < -0.3 is 10.1 Å². The van der Waals surface area contributed by atoms with Crippen molar-refractivity contribution in [3.05, 3.63) is 29.8 Å². The Morgan fingerprint density at radius 2 is 2.11 bits per heavy atom. The lowest BCUT2D eigenvalue weighted by Crippen LogP contribution is -2.42. The molecule has 1 N–H and O–H groups in total. The summed E-state index contributed by atoms with van der Waals surface area (Å²) in [6, 6.07) is 11.0. The van der Waals surface area contributed by atoms with E-state index in [1.54, 1.807) is 0 Å². The Labute approximate surface area is 114 Å². The summed E-state index contributed by atoms with van der Waals surface area (Å²) in [5.41, 5.74) is 1.30. The number of para-hydroxylation sites is 1. The zero-order chi connectivity index (χ0) is 13.1. The van der Waals surface area contributed by atoms with Gasteiger partial charge in [0.1, 0.15) is 11.9 Å². The number of hydrogen-bond acceptors (Lipinski definition) is 3. The summed E-state index contributed by atoms with van der Waals surface area (Å²) in [7, 11) is 0. The van der Waals surface area contributed by atoms with Crippen molar-refractivity contribution in [2.75, 3.05) is 6.54 Å². The zero-order valence-electron chi connectivity index (χ0n) is 11.1. The maximum atomic E-state index is 9.17. The van der Waals surface area contributed by atoms with Crippen LogP contribution < -0.4 is 10.1 Å². The molecule has 3 nitrogen and oxygen atoms in total. The molecule has 1 aliphatic heterocycles. The average Bonchev–Trinajstić information content (AvgIpc) is 2.88. The summed E-state index contributed by atoms with van der Waals surface area (Å²) in [5.74, 6) is 1.20. The standard InChI is InChI=1S/C16H20N2O/c17-10-13-6-1-3-7-15(13)18-11-14-9-12-5-2-4-8-16(12)19-14/h2,4-5,8,13-15,18H,1,3,6-7,9,11H2. The third-order valence-corrected chi connectivity index (χ3v) is 4.25. The van der Waals surface area contributed by atoms with Crippen LogP contribution in [0.5, 0.6) is 5.75 Å². The molecule has 0 spiro atoms. The number of nitriles is 1. The molecule has 2 aliphatic rings. The molecule has 0 aromatic heterocycles. The molecule has 100 valence electrons. The number of nitrogens with zero attached hydrogens (tertiary/aromatic N) is 1. The third-order valence-electron chi connectivity index (χ3n) is 4.25. The van der Waals surface area contributed by atoms with Gasteiger partial charge in [-0.1, -0.05) is 31.0 Å². The molecule has 3 heteroatoms. The maximum Gasteiger partial charge on any atom is 0.123 e. The molecule has 3 unspecified atom stereocenters. The Balaban J connectivity index is 1.53. The highest BCUT2D eigenvalue weighted by atomic mass is 16.5. The summed E-state index contributed by atoms with van der Waals surface area (Å²) in [6.45, 7) is 0.845. The highest BCUT2D eigenvalue weighted by molar-refractivity contribution is 5.37. The number of fused-ring (bicyclic) bond motifs is 1. The first-order valence-corrected chi connectivity index (χ1v) is 7.24. The van der Waals surface area contributed by atoms with Crippen LogP contribution >= 0.6 is 0 Å². The number of ether oxygens (including phenoxy) is 1. The molecule has 0 saturated heterocycles. The van der Waals surface area contributed by atoms with Crippen molar-refractivity contribution < 1.29 is 4.74 Å². The molecular formula is C16H20N2O. The highest BCUT2D eigenvalue weighted by Crippen LogP contribution is 2.28. The van der Waals surface area contributed by atoms with Crippen molar-refractivity contribution in [3.63, 3.8) is 0 Å². The molecule has 3 atom stereocenters. The molecule has 3 rings (SSSR count). The topological polar surface area (TPSA) is 45.0 Å². The van der Waals surface area contributed by atoms with Gasteiger partial charge in [-0.05, 0) is 24.5 Å². The van der Waals surface area contributed by atoms with Crippen molar-refractivity contribution in [3.8, 4) is 11.8 Å². The van der Waals surface area contributed by atoms with Crippen LogP contribution in [0.25, 0.3) is 0 Å².